The topological polar surface area (TPSA) is 81.5 Å². The fourth-order valence-electron chi connectivity index (χ4n) is 2.11. The van der Waals surface area contributed by atoms with E-state index in [0.29, 0.717) is 6.42 Å². The summed E-state index contributed by atoms with van der Waals surface area (Å²) < 4.78 is 32.0. The number of carbonyl (C=O) groups excluding carboxylic acids is 1. The van der Waals surface area contributed by atoms with E-state index in [4.69, 9.17) is 4.74 Å². The van der Waals surface area contributed by atoms with E-state index < -0.39 is 28.3 Å². The highest BCUT2D eigenvalue weighted by Crippen LogP contribution is 2.23. The van der Waals surface area contributed by atoms with Crippen LogP contribution in [0.5, 0.6) is 0 Å². The van der Waals surface area contributed by atoms with E-state index in [1.165, 1.54) is 6.08 Å². The molecule has 0 saturated carbocycles. The summed E-state index contributed by atoms with van der Waals surface area (Å²) >= 11 is 0. The van der Waals surface area contributed by atoms with Gasteiger partial charge in [0, 0.05) is 6.54 Å². The third-order valence-corrected chi connectivity index (χ3v) is 3.33. The molecule has 1 amide bonds. The first kappa shape index (κ1) is 19.0. The highest BCUT2D eigenvalue weighted by Gasteiger charge is 2.21. The van der Waals surface area contributed by atoms with Gasteiger partial charge in [0.05, 0.1) is 4.92 Å². The van der Waals surface area contributed by atoms with Gasteiger partial charge in [-0.05, 0) is 29.7 Å². The minimum absolute atomic E-state index is 0.150. The third-order valence-electron chi connectivity index (χ3n) is 3.33. The number of nitrogens with one attached hydrogen (secondary N) is 1. The molecule has 0 radical (unpaired) electrons. The molecule has 2 aromatic carbocycles. The minimum Gasteiger partial charge on any atom is -0.445 e. The average molecular weight is 362 g/mol. The smallest absolute Gasteiger partial charge is 0.407 e. The lowest BCUT2D eigenvalue weighted by Crippen LogP contribution is -2.24. The lowest BCUT2D eigenvalue weighted by Gasteiger charge is -2.05. The summed E-state index contributed by atoms with van der Waals surface area (Å²) in [6, 6.07) is 10.9. The predicted molar refractivity (Wildman–Crippen MR) is 91.3 cm³/mol. The molecule has 0 aliphatic heterocycles. The molecule has 0 bridgehead atoms. The standard InChI is InChI=1S/C18H16F2N2O4/c19-15-10-14(11-16(20)17(15)22(24)25)8-4-5-9-21-18(23)26-12-13-6-2-1-3-7-13/h1-4,6-8,10-11H,5,9,12H2,(H,21,23). The number of ether oxygens (including phenoxy) is 1. The fourth-order valence-corrected chi connectivity index (χ4v) is 2.11. The largest absolute Gasteiger partial charge is 0.445 e. The Hall–Kier alpha value is -3.29. The lowest BCUT2D eigenvalue weighted by molar-refractivity contribution is -0.390. The van der Waals surface area contributed by atoms with Crippen molar-refractivity contribution in [1.82, 2.24) is 5.32 Å². The van der Waals surface area contributed by atoms with Crippen LogP contribution in [0.25, 0.3) is 6.08 Å². The number of benzene rings is 2. The molecule has 2 aromatic rings. The van der Waals surface area contributed by atoms with E-state index in [9.17, 15) is 23.7 Å². The van der Waals surface area contributed by atoms with Crippen LogP contribution in [-0.4, -0.2) is 17.6 Å². The molecule has 0 aliphatic carbocycles. The number of nitrogens with zero attached hydrogens (tertiary/aromatic N) is 1. The Morgan fingerprint density at radius 3 is 2.46 bits per heavy atom. The van der Waals surface area contributed by atoms with Crippen LogP contribution in [0, 0.1) is 21.7 Å². The molecule has 0 fully saturated rings. The van der Waals surface area contributed by atoms with E-state index in [1.54, 1.807) is 6.08 Å². The molecule has 2 rings (SSSR count). The maximum absolute atomic E-state index is 13.5. The molecule has 0 saturated heterocycles. The summed E-state index contributed by atoms with van der Waals surface area (Å²) in [6.45, 7) is 0.423. The number of alkyl carbamates (subject to hydrolysis) is 1. The molecule has 0 heterocycles. The van der Waals surface area contributed by atoms with Crippen LogP contribution in [0.2, 0.25) is 0 Å². The Morgan fingerprint density at radius 1 is 1.19 bits per heavy atom. The van der Waals surface area contributed by atoms with Crippen molar-refractivity contribution in [1.29, 1.82) is 0 Å². The number of nitro benzene ring substituents is 1. The van der Waals surface area contributed by atoms with Gasteiger partial charge in [-0.2, -0.15) is 8.78 Å². The van der Waals surface area contributed by atoms with Crippen LogP contribution >= 0.6 is 0 Å². The summed E-state index contributed by atoms with van der Waals surface area (Å²) in [5.74, 6) is -2.48. The minimum atomic E-state index is -1.24. The van der Waals surface area contributed by atoms with Gasteiger partial charge >= 0.3 is 11.8 Å². The fraction of sp³-hybridized carbons (Fsp3) is 0.167. The summed E-state index contributed by atoms with van der Waals surface area (Å²) in [4.78, 5) is 20.9. The van der Waals surface area contributed by atoms with Crippen molar-refractivity contribution in [3.05, 3.63) is 81.4 Å². The van der Waals surface area contributed by atoms with Crippen LogP contribution < -0.4 is 5.32 Å². The molecule has 0 aliphatic rings. The molecule has 6 nitrogen and oxygen atoms in total. The zero-order valence-electron chi connectivity index (χ0n) is 13.7. The van der Waals surface area contributed by atoms with Crippen molar-refractivity contribution in [3.63, 3.8) is 0 Å². The Morgan fingerprint density at radius 2 is 1.85 bits per heavy atom. The van der Waals surface area contributed by atoms with Crippen LogP contribution in [0.3, 0.4) is 0 Å². The number of hydrogen-bond donors (Lipinski definition) is 1. The van der Waals surface area contributed by atoms with E-state index in [2.05, 4.69) is 5.32 Å². The van der Waals surface area contributed by atoms with E-state index in [1.807, 2.05) is 30.3 Å². The van der Waals surface area contributed by atoms with Crippen molar-refractivity contribution in [2.24, 2.45) is 0 Å². The Kier molecular flexibility index (Phi) is 6.78. The Bertz CT molecular complexity index is 787. The second kappa shape index (κ2) is 9.26. The first-order valence-electron chi connectivity index (χ1n) is 7.72. The maximum Gasteiger partial charge on any atom is 0.407 e. The van der Waals surface area contributed by atoms with Crippen LogP contribution in [-0.2, 0) is 11.3 Å². The van der Waals surface area contributed by atoms with Crippen LogP contribution in [0.1, 0.15) is 17.5 Å². The third kappa shape index (κ3) is 5.66. The predicted octanol–water partition coefficient (Wildman–Crippen LogP) is 4.20. The molecule has 0 aromatic heterocycles. The monoisotopic (exact) mass is 362 g/mol. The van der Waals surface area contributed by atoms with Gasteiger partial charge in [0.1, 0.15) is 6.61 Å². The summed E-state index contributed by atoms with van der Waals surface area (Å²) in [5.41, 5.74) is -0.160. The zero-order chi connectivity index (χ0) is 18.9. The molecule has 8 heteroatoms. The molecule has 0 spiro atoms. The number of carbonyl (C=O) groups is 1. The second-order valence-corrected chi connectivity index (χ2v) is 5.27. The average Bonchev–Trinajstić information content (AvgIpc) is 2.59. The molecule has 0 unspecified atom stereocenters. The first-order valence-corrected chi connectivity index (χ1v) is 7.72. The maximum atomic E-state index is 13.5. The number of rotatable bonds is 7. The number of nitro groups is 1. The molecule has 1 N–H and O–H groups in total. The summed E-state index contributed by atoms with van der Waals surface area (Å²) in [6.07, 6.45) is 2.81. The second-order valence-electron chi connectivity index (χ2n) is 5.27. The van der Waals surface area contributed by atoms with E-state index in [0.717, 1.165) is 17.7 Å². The van der Waals surface area contributed by atoms with Crippen LogP contribution in [0.15, 0.2) is 48.5 Å². The normalized spacial score (nSPS) is 10.7. The molecular weight excluding hydrogens is 346 g/mol. The number of amides is 1. The highest BCUT2D eigenvalue weighted by molar-refractivity contribution is 5.67. The summed E-state index contributed by atoms with van der Waals surface area (Å²) in [7, 11) is 0. The van der Waals surface area contributed by atoms with E-state index >= 15 is 0 Å². The van der Waals surface area contributed by atoms with Gasteiger partial charge in [0.2, 0.25) is 11.6 Å². The summed E-state index contributed by atoms with van der Waals surface area (Å²) in [5, 5.41) is 13.1. The SMILES string of the molecule is O=C(NCCC=Cc1cc(F)c([N+](=O)[O-])c(F)c1)OCc1ccccc1. The van der Waals surface area contributed by atoms with Crippen molar-refractivity contribution >= 4 is 17.9 Å². The van der Waals surface area contributed by atoms with Crippen molar-refractivity contribution in [2.45, 2.75) is 13.0 Å². The molecule has 0 atom stereocenters. The van der Waals surface area contributed by atoms with E-state index in [-0.39, 0.29) is 18.7 Å². The van der Waals surface area contributed by atoms with Crippen LogP contribution in [0.4, 0.5) is 19.3 Å². The molecule has 26 heavy (non-hydrogen) atoms. The Balaban J connectivity index is 1.75. The highest BCUT2D eigenvalue weighted by atomic mass is 19.1. The lowest BCUT2D eigenvalue weighted by atomic mass is 10.1. The zero-order valence-corrected chi connectivity index (χ0v) is 13.7. The van der Waals surface area contributed by atoms with Gasteiger partial charge in [-0.3, -0.25) is 10.1 Å². The van der Waals surface area contributed by atoms with Gasteiger partial charge in [-0.25, -0.2) is 4.79 Å². The van der Waals surface area contributed by atoms with Crippen molar-refractivity contribution < 1.29 is 23.2 Å². The van der Waals surface area contributed by atoms with Crippen molar-refractivity contribution in [3.8, 4) is 0 Å². The van der Waals surface area contributed by atoms with Gasteiger partial charge in [0.25, 0.3) is 0 Å². The van der Waals surface area contributed by atoms with Gasteiger partial charge in [-0.1, -0.05) is 42.5 Å². The molecule has 136 valence electrons. The van der Waals surface area contributed by atoms with Gasteiger partial charge < -0.3 is 10.1 Å². The number of hydrogen-bond acceptors (Lipinski definition) is 4. The first-order chi connectivity index (χ1) is 12.5. The number of halogens is 2. The van der Waals surface area contributed by atoms with Gasteiger partial charge in [-0.15, -0.1) is 0 Å². The quantitative estimate of drug-likeness (QED) is 0.455. The van der Waals surface area contributed by atoms with Crippen molar-refractivity contribution in [2.75, 3.05) is 6.54 Å². The van der Waals surface area contributed by atoms with Gasteiger partial charge in [0.15, 0.2) is 0 Å². The Labute approximate surface area is 148 Å². The molecular formula is C18H16F2N2O4.